The summed E-state index contributed by atoms with van der Waals surface area (Å²) in [6.45, 7) is -0.129. The van der Waals surface area contributed by atoms with Gasteiger partial charge in [0.15, 0.2) is 0 Å². The van der Waals surface area contributed by atoms with Crippen LogP contribution in [0.4, 0.5) is 4.39 Å². The van der Waals surface area contributed by atoms with E-state index in [1.165, 1.54) is 30.0 Å². The summed E-state index contributed by atoms with van der Waals surface area (Å²) in [6, 6.07) is 11.2. The first-order valence-corrected chi connectivity index (χ1v) is 9.79. The lowest BCUT2D eigenvalue weighted by Crippen LogP contribution is -2.46. The van der Waals surface area contributed by atoms with Crippen LogP contribution in [0.5, 0.6) is 0 Å². The van der Waals surface area contributed by atoms with Gasteiger partial charge in [0.1, 0.15) is 18.5 Å². The molecule has 0 unspecified atom stereocenters. The first-order valence-electron chi connectivity index (χ1n) is 8.40. The largest absolute Gasteiger partial charge is 0.459 e. The van der Waals surface area contributed by atoms with Crippen LogP contribution in [-0.4, -0.2) is 40.7 Å². The molecule has 2 aromatic carbocycles. The minimum atomic E-state index is -1.02. The fraction of sp³-hybridized carbons (Fsp3) is 0.250. The van der Waals surface area contributed by atoms with Crippen molar-refractivity contribution < 1.29 is 23.5 Å². The SMILES string of the molecule is CSCC[C@@H](C(=O)OCc1cccc(F)c1)N1C(=O)c2ccccc2C1=O. The van der Waals surface area contributed by atoms with Gasteiger partial charge in [0.25, 0.3) is 11.8 Å². The number of benzene rings is 2. The van der Waals surface area contributed by atoms with Crippen LogP contribution in [0.25, 0.3) is 0 Å². The highest BCUT2D eigenvalue weighted by Crippen LogP contribution is 2.26. The Labute approximate surface area is 160 Å². The van der Waals surface area contributed by atoms with Gasteiger partial charge in [-0.05, 0) is 48.3 Å². The van der Waals surface area contributed by atoms with Crippen molar-refractivity contribution in [1.29, 1.82) is 0 Å². The van der Waals surface area contributed by atoms with E-state index in [0.29, 0.717) is 11.3 Å². The van der Waals surface area contributed by atoms with E-state index in [2.05, 4.69) is 0 Å². The first-order chi connectivity index (χ1) is 13.0. The zero-order valence-electron chi connectivity index (χ0n) is 14.7. The van der Waals surface area contributed by atoms with Crippen LogP contribution in [-0.2, 0) is 16.1 Å². The first kappa shape index (κ1) is 19.1. The summed E-state index contributed by atoms with van der Waals surface area (Å²) in [5, 5.41) is 0. The number of thioether (sulfide) groups is 1. The van der Waals surface area contributed by atoms with Crippen LogP contribution >= 0.6 is 11.8 Å². The number of hydrogen-bond donors (Lipinski definition) is 0. The molecule has 0 fully saturated rings. The quantitative estimate of drug-likeness (QED) is 0.539. The van der Waals surface area contributed by atoms with Crippen molar-refractivity contribution in [2.75, 3.05) is 12.0 Å². The molecule has 1 aliphatic heterocycles. The number of hydrogen-bond acceptors (Lipinski definition) is 5. The van der Waals surface area contributed by atoms with E-state index < -0.39 is 29.6 Å². The molecule has 2 amide bonds. The molecule has 0 spiro atoms. The molecule has 0 N–H and O–H groups in total. The number of amides is 2. The van der Waals surface area contributed by atoms with Gasteiger partial charge in [-0.3, -0.25) is 14.5 Å². The molecule has 7 heteroatoms. The number of carbonyl (C=O) groups excluding carboxylic acids is 3. The average Bonchev–Trinajstić information content (AvgIpc) is 2.92. The van der Waals surface area contributed by atoms with E-state index in [0.717, 1.165) is 4.90 Å². The Morgan fingerprint density at radius 1 is 1.11 bits per heavy atom. The predicted molar refractivity (Wildman–Crippen MR) is 99.9 cm³/mol. The number of esters is 1. The van der Waals surface area contributed by atoms with Gasteiger partial charge < -0.3 is 4.74 Å². The molecule has 2 aromatic rings. The molecule has 0 aromatic heterocycles. The number of nitrogens with zero attached hydrogens (tertiary/aromatic N) is 1. The molecule has 27 heavy (non-hydrogen) atoms. The summed E-state index contributed by atoms with van der Waals surface area (Å²) in [6.07, 6.45) is 2.16. The van der Waals surface area contributed by atoms with Crippen LogP contribution in [0, 0.1) is 5.82 Å². The number of imide groups is 1. The lowest BCUT2D eigenvalue weighted by Gasteiger charge is -2.24. The lowest BCUT2D eigenvalue weighted by atomic mass is 10.1. The predicted octanol–water partition coefficient (Wildman–Crippen LogP) is 3.29. The van der Waals surface area contributed by atoms with Crippen molar-refractivity contribution in [3.05, 3.63) is 71.0 Å². The maximum Gasteiger partial charge on any atom is 0.329 e. The van der Waals surface area contributed by atoms with Gasteiger partial charge in [0.2, 0.25) is 0 Å². The second-order valence-electron chi connectivity index (χ2n) is 6.06. The van der Waals surface area contributed by atoms with Crippen molar-refractivity contribution in [2.45, 2.75) is 19.1 Å². The molecule has 0 aliphatic carbocycles. The molecule has 1 atom stereocenters. The number of ether oxygens (including phenoxy) is 1. The molecule has 140 valence electrons. The second kappa shape index (κ2) is 8.35. The molecule has 1 heterocycles. The third-order valence-electron chi connectivity index (χ3n) is 4.27. The van der Waals surface area contributed by atoms with E-state index in [-0.39, 0.29) is 24.2 Å². The van der Waals surface area contributed by atoms with Gasteiger partial charge in [-0.25, -0.2) is 9.18 Å². The lowest BCUT2D eigenvalue weighted by molar-refractivity contribution is -0.149. The molecule has 0 saturated heterocycles. The van der Waals surface area contributed by atoms with Gasteiger partial charge in [-0.1, -0.05) is 24.3 Å². The molecule has 3 rings (SSSR count). The van der Waals surface area contributed by atoms with Crippen molar-refractivity contribution in [1.82, 2.24) is 4.90 Å². The Balaban J connectivity index is 1.78. The van der Waals surface area contributed by atoms with Crippen LogP contribution < -0.4 is 0 Å². The fourth-order valence-corrected chi connectivity index (χ4v) is 3.41. The van der Waals surface area contributed by atoms with Crippen LogP contribution in [0.3, 0.4) is 0 Å². The molecule has 0 saturated carbocycles. The van der Waals surface area contributed by atoms with Gasteiger partial charge in [-0.15, -0.1) is 0 Å². The average molecular weight is 387 g/mol. The second-order valence-corrected chi connectivity index (χ2v) is 7.05. The zero-order valence-corrected chi connectivity index (χ0v) is 15.5. The summed E-state index contributed by atoms with van der Waals surface area (Å²) >= 11 is 1.50. The Morgan fingerprint density at radius 2 is 1.78 bits per heavy atom. The third-order valence-corrected chi connectivity index (χ3v) is 4.92. The Kier molecular flexibility index (Phi) is 5.91. The Morgan fingerprint density at radius 3 is 2.37 bits per heavy atom. The van der Waals surface area contributed by atoms with E-state index in [1.54, 1.807) is 30.3 Å². The summed E-state index contributed by atoms with van der Waals surface area (Å²) in [5.74, 6) is -1.52. The van der Waals surface area contributed by atoms with Crippen molar-refractivity contribution in [2.24, 2.45) is 0 Å². The normalized spacial score (nSPS) is 14.2. The number of fused-ring (bicyclic) bond motifs is 1. The maximum absolute atomic E-state index is 13.3. The van der Waals surface area contributed by atoms with Crippen LogP contribution in [0.15, 0.2) is 48.5 Å². The third kappa shape index (κ3) is 4.03. The minimum Gasteiger partial charge on any atom is -0.459 e. The Hall–Kier alpha value is -2.67. The van der Waals surface area contributed by atoms with Gasteiger partial charge in [0.05, 0.1) is 11.1 Å². The zero-order chi connectivity index (χ0) is 19.4. The number of rotatable bonds is 7. The standard InChI is InChI=1S/C20H18FNO4S/c1-27-10-9-17(20(25)26-12-13-5-4-6-14(21)11-13)22-18(23)15-7-2-3-8-16(15)19(22)24/h2-8,11,17H,9-10,12H2,1H3/t17-/m0/s1. The van der Waals surface area contributed by atoms with Crippen molar-refractivity contribution in [3.63, 3.8) is 0 Å². The monoisotopic (exact) mass is 387 g/mol. The minimum absolute atomic E-state index is 0.129. The summed E-state index contributed by atoms with van der Waals surface area (Å²) in [7, 11) is 0. The fourth-order valence-electron chi connectivity index (χ4n) is 2.95. The van der Waals surface area contributed by atoms with E-state index in [9.17, 15) is 18.8 Å². The molecule has 5 nitrogen and oxygen atoms in total. The molecular weight excluding hydrogens is 369 g/mol. The van der Waals surface area contributed by atoms with Crippen molar-refractivity contribution in [3.8, 4) is 0 Å². The molecule has 0 bridgehead atoms. The van der Waals surface area contributed by atoms with Gasteiger partial charge in [-0.2, -0.15) is 11.8 Å². The van der Waals surface area contributed by atoms with Gasteiger partial charge in [0, 0.05) is 0 Å². The van der Waals surface area contributed by atoms with Crippen LogP contribution in [0.1, 0.15) is 32.7 Å². The summed E-state index contributed by atoms with van der Waals surface area (Å²) in [4.78, 5) is 39.0. The summed E-state index contributed by atoms with van der Waals surface area (Å²) < 4.78 is 18.6. The Bertz CT molecular complexity index is 851. The highest BCUT2D eigenvalue weighted by Gasteiger charge is 2.43. The van der Waals surface area contributed by atoms with E-state index in [1.807, 2.05) is 6.26 Å². The van der Waals surface area contributed by atoms with Crippen LogP contribution in [0.2, 0.25) is 0 Å². The smallest absolute Gasteiger partial charge is 0.329 e. The van der Waals surface area contributed by atoms with E-state index >= 15 is 0 Å². The topological polar surface area (TPSA) is 63.7 Å². The number of halogens is 1. The van der Waals surface area contributed by atoms with Gasteiger partial charge >= 0.3 is 5.97 Å². The van der Waals surface area contributed by atoms with Crippen molar-refractivity contribution >= 4 is 29.5 Å². The molecule has 0 radical (unpaired) electrons. The molecule has 1 aliphatic rings. The highest BCUT2D eigenvalue weighted by atomic mass is 32.2. The molecular formula is C20H18FNO4S. The van der Waals surface area contributed by atoms with E-state index in [4.69, 9.17) is 4.74 Å². The maximum atomic E-state index is 13.3. The highest BCUT2D eigenvalue weighted by molar-refractivity contribution is 7.98. The number of carbonyl (C=O) groups is 3. The summed E-state index contributed by atoms with van der Waals surface area (Å²) in [5.41, 5.74) is 1.07.